The lowest BCUT2D eigenvalue weighted by Gasteiger charge is -2.42. The molecule has 3 unspecified atom stereocenters. The highest BCUT2D eigenvalue weighted by molar-refractivity contribution is 5.20. The molecule has 0 spiro atoms. The van der Waals surface area contributed by atoms with Gasteiger partial charge >= 0.3 is 0 Å². The Hall–Kier alpha value is -1.00. The molecule has 2 rings (SSSR count). The highest BCUT2D eigenvalue weighted by Gasteiger charge is 2.38. The topological polar surface area (TPSA) is 15.3 Å². The molecule has 3 atom stereocenters. The van der Waals surface area contributed by atoms with Gasteiger partial charge in [-0.05, 0) is 12.8 Å². The Morgan fingerprint density at radius 2 is 2.00 bits per heavy atom. The van der Waals surface area contributed by atoms with E-state index in [0.29, 0.717) is 18.5 Å². The summed E-state index contributed by atoms with van der Waals surface area (Å²) < 4.78 is 28.9. The first-order chi connectivity index (χ1) is 9.94. The first-order valence-corrected chi connectivity index (χ1v) is 7.84. The van der Waals surface area contributed by atoms with Gasteiger partial charge in [-0.3, -0.25) is 4.90 Å². The monoisotopic (exact) mass is 296 g/mol. The van der Waals surface area contributed by atoms with Crippen molar-refractivity contribution in [3.63, 3.8) is 0 Å². The largest absolute Gasteiger partial charge is 0.311 e. The van der Waals surface area contributed by atoms with Crippen molar-refractivity contribution in [2.24, 2.45) is 5.92 Å². The van der Waals surface area contributed by atoms with E-state index >= 15 is 0 Å². The molecule has 0 aliphatic carbocycles. The van der Waals surface area contributed by atoms with E-state index < -0.39 is 5.92 Å². The van der Waals surface area contributed by atoms with Crippen LogP contribution in [0, 0.1) is 5.92 Å². The van der Waals surface area contributed by atoms with Crippen LogP contribution in [-0.4, -0.2) is 36.6 Å². The molecule has 1 aromatic rings. The van der Waals surface area contributed by atoms with Gasteiger partial charge in [-0.1, -0.05) is 50.6 Å². The average molecular weight is 296 g/mol. The summed E-state index contributed by atoms with van der Waals surface area (Å²) >= 11 is 0. The number of alkyl halides is 2. The zero-order chi connectivity index (χ0) is 15.5. The van der Waals surface area contributed by atoms with Gasteiger partial charge in [-0.25, -0.2) is 0 Å². The Morgan fingerprint density at radius 1 is 1.33 bits per heavy atom. The second-order valence-electron chi connectivity index (χ2n) is 6.25. The Balaban J connectivity index is 2.06. The maximum Gasteiger partial charge on any atom is 0.285 e. The van der Waals surface area contributed by atoms with Gasteiger partial charge < -0.3 is 5.32 Å². The fourth-order valence-corrected chi connectivity index (χ4v) is 2.86. The number of rotatable bonds is 5. The molecule has 1 fully saturated rings. The highest BCUT2D eigenvalue weighted by Crippen LogP contribution is 2.30. The number of hydrogen-bond acceptors (Lipinski definition) is 2. The van der Waals surface area contributed by atoms with Gasteiger partial charge in [0.2, 0.25) is 0 Å². The molecule has 1 heterocycles. The van der Waals surface area contributed by atoms with Crippen LogP contribution in [0.5, 0.6) is 0 Å². The van der Waals surface area contributed by atoms with Crippen LogP contribution in [-0.2, 0) is 5.92 Å². The van der Waals surface area contributed by atoms with Crippen molar-refractivity contribution >= 4 is 0 Å². The smallest absolute Gasteiger partial charge is 0.285 e. The van der Waals surface area contributed by atoms with Crippen LogP contribution in [0.2, 0.25) is 0 Å². The number of nitrogens with one attached hydrogen (secondary N) is 1. The van der Waals surface area contributed by atoms with Crippen molar-refractivity contribution in [3.8, 4) is 0 Å². The Bertz CT molecular complexity index is 436. The molecule has 4 heteroatoms. The number of benzene rings is 1. The molecule has 1 N–H and O–H groups in total. The number of hydrogen-bond donors (Lipinski definition) is 1. The van der Waals surface area contributed by atoms with E-state index in [9.17, 15) is 8.78 Å². The third-order valence-electron chi connectivity index (χ3n) is 4.66. The quantitative estimate of drug-likeness (QED) is 0.895. The summed E-state index contributed by atoms with van der Waals surface area (Å²) in [5.41, 5.74) is 0.107. The lowest BCUT2D eigenvalue weighted by molar-refractivity contribution is -0.0562. The second-order valence-corrected chi connectivity index (χ2v) is 6.25. The van der Waals surface area contributed by atoms with Crippen LogP contribution in [0.4, 0.5) is 8.78 Å². The molecule has 1 aromatic carbocycles. The first kappa shape index (κ1) is 16.4. The molecule has 2 nitrogen and oxygen atoms in total. The lowest BCUT2D eigenvalue weighted by Crippen LogP contribution is -2.59. The van der Waals surface area contributed by atoms with Crippen molar-refractivity contribution in [3.05, 3.63) is 35.9 Å². The van der Waals surface area contributed by atoms with Crippen LogP contribution in [0.25, 0.3) is 0 Å². The van der Waals surface area contributed by atoms with Gasteiger partial charge in [0, 0.05) is 30.7 Å². The van der Waals surface area contributed by atoms with Crippen LogP contribution in [0.1, 0.15) is 32.8 Å². The molecular weight excluding hydrogens is 270 g/mol. The third-order valence-corrected chi connectivity index (χ3v) is 4.66. The lowest BCUT2D eigenvalue weighted by atomic mass is 9.95. The Kier molecular flexibility index (Phi) is 5.33. The molecule has 0 bridgehead atoms. The zero-order valence-electron chi connectivity index (χ0n) is 13.2. The molecule has 118 valence electrons. The molecule has 0 radical (unpaired) electrons. The van der Waals surface area contributed by atoms with Crippen LogP contribution in [0.15, 0.2) is 30.3 Å². The van der Waals surface area contributed by atoms with Gasteiger partial charge in [-0.15, -0.1) is 0 Å². The minimum absolute atomic E-state index is 0.107. The molecule has 0 aromatic heterocycles. The van der Waals surface area contributed by atoms with Gasteiger partial charge in [0.1, 0.15) is 0 Å². The van der Waals surface area contributed by atoms with Crippen molar-refractivity contribution in [1.82, 2.24) is 10.2 Å². The van der Waals surface area contributed by atoms with Crippen LogP contribution < -0.4 is 5.32 Å². The average Bonchev–Trinajstić information content (AvgIpc) is 2.49. The van der Waals surface area contributed by atoms with Crippen molar-refractivity contribution < 1.29 is 8.78 Å². The van der Waals surface area contributed by atoms with E-state index in [4.69, 9.17) is 0 Å². The van der Waals surface area contributed by atoms with E-state index in [1.807, 2.05) is 11.8 Å². The van der Waals surface area contributed by atoms with Crippen molar-refractivity contribution in [2.45, 2.75) is 45.2 Å². The van der Waals surface area contributed by atoms with Gasteiger partial charge in [0.15, 0.2) is 0 Å². The summed E-state index contributed by atoms with van der Waals surface area (Å²) in [5, 5.41) is 3.49. The summed E-state index contributed by atoms with van der Waals surface area (Å²) in [6.45, 7) is 7.61. The standard InChI is InChI=1S/C17H26F2N2/c1-4-13(2)16-11-21(14(3)10-20-16)12-17(18,19)15-8-6-5-7-9-15/h5-9,13-14,16,20H,4,10-12H2,1-3H3. The predicted molar refractivity (Wildman–Crippen MR) is 82.6 cm³/mol. The van der Waals surface area contributed by atoms with Crippen molar-refractivity contribution in [2.75, 3.05) is 19.6 Å². The molecular formula is C17H26F2N2. The maximum atomic E-state index is 14.5. The zero-order valence-corrected chi connectivity index (χ0v) is 13.2. The van der Waals surface area contributed by atoms with Gasteiger partial charge in [0.05, 0.1) is 6.54 Å². The van der Waals surface area contributed by atoms with Gasteiger partial charge in [0.25, 0.3) is 5.92 Å². The van der Waals surface area contributed by atoms with E-state index in [-0.39, 0.29) is 18.2 Å². The molecule has 0 amide bonds. The predicted octanol–water partition coefficient (Wildman–Crippen LogP) is 3.49. The molecule has 21 heavy (non-hydrogen) atoms. The van der Waals surface area contributed by atoms with E-state index in [1.165, 1.54) is 12.1 Å². The summed E-state index contributed by atoms with van der Waals surface area (Å²) in [4.78, 5) is 1.93. The van der Waals surface area contributed by atoms with Gasteiger partial charge in [-0.2, -0.15) is 8.78 Å². The van der Waals surface area contributed by atoms with E-state index in [1.54, 1.807) is 18.2 Å². The van der Waals surface area contributed by atoms with Crippen molar-refractivity contribution in [1.29, 1.82) is 0 Å². The van der Waals surface area contributed by atoms with Crippen LogP contribution in [0.3, 0.4) is 0 Å². The Morgan fingerprint density at radius 3 is 2.62 bits per heavy atom. The number of piperazine rings is 1. The molecule has 1 aliphatic rings. The fraction of sp³-hybridized carbons (Fsp3) is 0.647. The summed E-state index contributed by atoms with van der Waals surface area (Å²) in [5.74, 6) is -2.29. The maximum absolute atomic E-state index is 14.5. The fourth-order valence-electron chi connectivity index (χ4n) is 2.86. The second kappa shape index (κ2) is 6.84. The first-order valence-electron chi connectivity index (χ1n) is 7.84. The van der Waals surface area contributed by atoms with E-state index in [0.717, 1.165) is 13.0 Å². The van der Waals surface area contributed by atoms with Crippen LogP contribution >= 0.6 is 0 Å². The molecule has 1 saturated heterocycles. The highest BCUT2D eigenvalue weighted by atomic mass is 19.3. The number of nitrogens with zero attached hydrogens (tertiary/aromatic N) is 1. The summed E-state index contributed by atoms with van der Waals surface area (Å²) in [7, 11) is 0. The minimum Gasteiger partial charge on any atom is -0.311 e. The minimum atomic E-state index is -2.80. The molecule has 0 saturated carbocycles. The SMILES string of the molecule is CCC(C)C1CN(CC(F)(F)c2ccccc2)C(C)CN1. The summed E-state index contributed by atoms with van der Waals surface area (Å²) in [6, 6.07) is 8.58. The number of halogens is 2. The third kappa shape index (κ3) is 4.01. The molecule has 1 aliphatic heterocycles. The van der Waals surface area contributed by atoms with E-state index in [2.05, 4.69) is 19.2 Å². The normalized spacial score (nSPS) is 25.8. The summed E-state index contributed by atoms with van der Waals surface area (Å²) in [6.07, 6.45) is 1.06. The Labute approximate surface area is 126 Å².